The van der Waals surface area contributed by atoms with Gasteiger partial charge in [0.15, 0.2) is 0 Å². The largest absolute Gasteiger partial charge is 0.414 e. The zero-order chi connectivity index (χ0) is 14.5. The summed E-state index contributed by atoms with van der Waals surface area (Å²) in [5, 5.41) is 8.68. The second-order valence-corrected chi connectivity index (χ2v) is 6.90. The molecule has 2 rings (SSSR count). The third-order valence-corrected chi connectivity index (χ3v) is 4.46. The van der Waals surface area contributed by atoms with E-state index < -0.39 is 0 Å². The topological polar surface area (TPSA) is 59.2 Å². The van der Waals surface area contributed by atoms with Crippen LogP contribution in [0.5, 0.6) is 0 Å². The highest BCUT2D eigenvalue weighted by Gasteiger charge is 2.22. The summed E-state index contributed by atoms with van der Waals surface area (Å²) in [6, 6.07) is 0. The summed E-state index contributed by atoms with van der Waals surface area (Å²) in [5.41, 5.74) is 0. The normalized spacial score (nSPS) is 17.2. The van der Waals surface area contributed by atoms with Gasteiger partial charge in [-0.3, -0.25) is 4.79 Å². The molecule has 0 unspecified atom stereocenters. The summed E-state index contributed by atoms with van der Waals surface area (Å²) in [6.07, 6.45) is 2.78. The number of thioether (sulfide) groups is 1. The van der Waals surface area contributed by atoms with Gasteiger partial charge in [0.05, 0.1) is 6.54 Å². The van der Waals surface area contributed by atoms with Crippen LogP contribution in [0.1, 0.15) is 45.9 Å². The number of amides is 1. The molecule has 2 heterocycles. The molecular weight excluding hydrogens is 274 g/mol. The fraction of sp³-hybridized carbons (Fsp3) is 0.786. The summed E-state index contributed by atoms with van der Waals surface area (Å²) in [5.74, 6) is 3.06. The number of likely N-dealkylation sites (tertiary alicyclic amines) is 1. The minimum atomic E-state index is 0.183. The molecule has 5 nitrogen and oxygen atoms in total. The summed E-state index contributed by atoms with van der Waals surface area (Å²) >= 11 is 1.61. The lowest BCUT2D eigenvalue weighted by molar-refractivity contribution is -0.128. The Labute approximate surface area is 124 Å². The van der Waals surface area contributed by atoms with Crippen molar-refractivity contribution in [1.29, 1.82) is 0 Å². The lowest BCUT2D eigenvalue weighted by Crippen LogP contribution is -2.23. The van der Waals surface area contributed by atoms with E-state index in [1.54, 1.807) is 16.7 Å². The summed E-state index contributed by atoms with van der Waals surface area (Å²) < 4.78 is 5.60. The van der Waals surface area contributed by atoms with Crippen LogP contribution in [0, 0.1) is 11.8 Å². The van der Waals surface area contributed by atoms with Gasteiger partial charge < -0.3 is 9.32 Å². The van der Waals surface area contributed by atoms with Crippen molar-refractivity contribution in [3.63, 3.8) is 0 Å². The van der Waals surface area contributed by atoms with Gasteiger partial charge in [0.2, 0.25) is 11.8 Å². The zero-order valence-electron chi connectivity index (χ0n) is 12.5. The average molecular weight is 297 g/mol. The Hall–Kier alpha value is -1.04. The van der Waals surface area contributed by atoms with Crippen LogP contribution >= 0.6 is 11.8 Å². The molecule has 1 aromatic rings. The van der Waals surface area contributed by atoms with E-state index in [4.69, 9.17) is 4.42 Å². The highest BCUT2D eigenvalue weighted by molar-refractivity contribution is 7.99. The van der Waals surface area contributed by atoms with Crippen LogP contribution in [0.15, 0.2) is 9.64 Å². The molecule has 1 saturated heterocycles. The molecule has 1 fully saturated rings. The summed E-state index contributed by atoms with van der Waals surface area (Å²) in [4.78, 5) is 13.3. The maximum absolute atomic E-state index is 11.5. The van der Waals surface area contributed by atoms with Crippen LogP contribution in [-0.4, -0.2) is 33.3 Å². The van der Waals surface area contributed by atoms with Crippen molar-refractivity contribution in [2.75, 3.05) is 12.3 Å². The van der Waals surface area contributed by atoms with Gasteiger partial charge in [0.1, 0.15) is 0 Å². The van der Waals surface area contributed by atoms with Crippen molar-refractivity contribution in [1.82, 2.24) is 15.1 Å². The molecule has 0 spiro atoms. The van der Waals surface area contributed by atoms with E-state index in [2.05, 4.69) is 31.0 Å². The average Bonchev–Trinajstić information content (AvgIpc) is 2.97. The molecule has 1 atom stereocenters. The summed E-state index contributed by atoms with van der Waals surface area (Å²) in [6.45, 7) is 7.97. The predicted molar refractivity (Wildman–Crippen MR) is 78.3 cm³/mol. The SMILES string of the molecule is CC(C)C[C@@H](C)CSc1nnc(CN2CCCC2=O)o1. The second-order valence-electron chi connectivity index (χ2n) is 5.93. The van der Waals surface area contributed by atoms with Crippen molar-refractivity contribution in [3.05, 3.63) is 5.89 Å². The Morgan fingerprint density at radius 3 is 2.80 bits per heavy atom. The van der Waals surface area contributed by atoms with Crippen molar-refractivity contribution in [3.8, 4) is 0 Å². The quantitative estimate of drug-likeness (QED) is 0.724. The first-order valence-electron chi connectivity index (χ1n) is 7.27. The monoisotopic (exact) mass is 297 g/mol. The zero-order valence-corrected chi connectivity index (χ0v) is 13.3. The first-order valence-corrected chi connectivity index (χ1v) is 8.26. The Balaban J connectivity index is 1.78. The van der Waals surface area contributed by atoms with Crippen molar-refractivity contribution in [2.45, 2.75) is 51.8 Å². The number of hydrogen-bond acceptors (Lipinski definition) is 5. The van der Waals surface area contributed by atoms with Crippen molar-refractivity contribution in [2.24, 2.45) is 11.8 Å². The van der Waals surface area contributed by atoms with Gasteiger partial charge >= 0.3 is 0 Å². The van der Waals surface area contributed by atoms with Gasteiger partial charge in [-0.1, -0.05) is 32.5 Å². The Morgan fingerprint density at radius 2 is 2.15 bits per heavy atom. The molecular formula is C14H23N3O2S. The Morgan fingerprint density at radius 1 is 1.35 bits per heavy atom. The molecule has 0 aliphatic carbocycles. The summed E-state index contributed by atoms with van der Waals surface area (Å²) in [7, 11) is 0. The van der Waals surface area contributed by atoms with E-state index >= 15 is 0 Å². The van der Waals surface area contributed by atoms with E-state index in [0.29, 0.717) is 35.9 Å². The first-order chi connectivity index (χ1) is 9.54. The molecule has 6 heteroatoms. The van der Waals surface area contributed by atoms with Crippen LogP contribution < -0.4 is 0 Å². The molecule has 20 heavy (non-hydrogen) atoms. The molecule has 0 radical (unpaired) electrons. The number of hydrogen-bond donors (Lipinski definition) is 0. The number of aromatic nitrogens is 2. The highest BCUT2D eigenvalue weighted by atomic mass is 32.2. The Bertz CT molecular complexity index is 447. The minimum Gasteiger partial charge on any atom is -0.414 e. The van der Waals surface area contributed by atoms with Crippen LogP contribution in [0.2, 0.25) is 0 Å². The maximum atomic E-state index is 11.5. The van der Waals surface area contributed by atoms with E-state index in [1.807, 2.05) is 0 Å². The van der Waals surface area contributed by atoms with Gasteiger partial charge in [-0.15, -0.1) is 10.2 Å². The predicted octanol–water partition coefficient (Wildman–Crippen LogP) is 2.97. The third kappa shape index (κ3) is 4.51. The van der Waals surface area contributed by atoms with Crippen LogP contribution in [0.4, 0.5) is 0 Å². The standard InChI is InChI=1S/C14H23N3O2S/c1-10(2)7-11(3)9-20-14-16-15-12(19-14)8-17-6-4-5-13(17)18/h10-11H,4-9H2,1-3H3/t11-/m1/s1. The first kappa shape index (κ1) is 15.4. The molecule has 1 aliphatic heterocycles. The molecule has 0 aromatic carbocycles. The molecule has 1 aliphatic rings. The second kappa shape index (κ2) is 7.11. The molecule has 1 amide bonds. The molecule has 0 bridgehead atoms. The highest BCUT2D eigenvalue weighted by Crippen LogP contribution is 2.23. The van der Waals surface area contributed by atoms with Crippen molar-refractivity contribution < 1.29 is 9.21 Å². The smallest absolute Gasteiger partial charge is 0.276 e. The minimum absolute atomic E-state index is 0.183. The number of rotatable bonds is 7. The molecule has 0 N–H and O–H groups in total. The third-order valence-electron chi connectivity index (χ3n) is 3.31. The molecule has 1 aromatic heterocycles. The van der Waals surface area contributed by atoms with Crippen molar-refractivity contribution >= 4 is 17.7 Å². The molecule has 0 saturated carbocycles. The number of carbonyl (C=O) groups excluding carboxylic acids is 1. The van der Waals surface area contributed by atoms with Gasteiger partial charge in [-0.2, -0.15) is 0 Å². The van der Waals surface area contributed by atoms with E-state index in [-0.39, 0.29) is 5.91 Å². The Kier molecular flexibility index (Phi) is 5.46. The number of carbonyl (C=O) groups is 1. The van der Waals surface area contributed by atoms with Gasteiger partial charge in [-0.05, 0) is 24.7 Å². The van der Waals surface area contributed by atoms with E-state index in [9.17, 15) is 4.79 Å². The van der Waals surface area contributed by atoms with Crippen LogP contribution in [0.3, 0.4) is 0 Å². The van der Waals surface area contributed by atoms with E-state index in [1.165, 1.54) is 6.42 Å². The van der Waals surface area contributed by atoms with E-state index in [0.717, 1.165) is 18.7 Å². The lowest BCUT2D eigenvalue weighted by atomic mass is 10.0. The maximum Gasteiger partial charge on any atom is 0.276 e. The fourth-order valence-corrected chi connectivity index (χ4v) is 3.30. The van der Waals surface area contributed by atoms with Crippen LogP contribution in [0.25, 0.3) is 0 Å². The van der Waals surface area contributed by atoms with Gasteiger partial charge in [-0.25, -0.2) is 0 Å². The fourth-order valence-electron chi connectivity index (χ4n) is 2.48. The molecule has 112 valence electrons. The van der Waals surface area contributed by atoms with Gasteiger partial charge in [0, 0.05) is 18.7 Å². The van der Waals surface area contributed by atoms with Gasteiger partial charge in [0.25, 0.3) is 5.22 Å². The van der Waals surface area contributed by atoms with Crippen LogP contribution in [-0.2, 0) is 11.3 Å². The lowest BCUT2D eigenvalue weighted by Gasteiger charge is -2.12. The number of nitrogens with zero attached hydrogens (tertiary/aromatic N) is 3.